The highest BCUT2D eigenvalue weighted by molar-refractivity contribution is 5.46. The normalized spacial score (nSPS) is 17.5. The molecule has 1 amide bonds. The van der Waals surface area contributed by atoms with Gasteiger partial charge in [-0.1, -0.05) is 6.42 Å². The molecule has 0 bridgehead atoms. The molecule has 1 fully saturated rings. The molecule has 3 nitrogen and oxygen atoms in total. The van der Waals surface area contributed by atoms with Gasteiger partial charge in [0.05, 0.1) is 0 Å². The van der Waals surface area contributed by atoms with Crippen LogP contribution < -0.4 is 5.32 Å². The smallest absolute Gasteiger partial charge is 0.207 e. The number of nitrogens with one attached hydrogen (secondary N) is 1. The molecule has 1 saturated heterocycles. The number of carbonyl (C=O) groups is 1. The number of nitrogens with zero attached hydrogens (tertiary/aromatic N) is 1. The lowest BCUT2D eigenvalue weighted by atomic mass is 10.1. The van der Waals surface area contributed by atoms with E-state index in [1.807, 2.05) is 13.8 Å². The summed E-state index contributed by atoms with van der Waals surface area (Å²) in [5.74, 6) is 0. The summed E-state index contributed by atoms with van der Waals surface area (Å²) in [5.41, 5.74) is 0. The van der Waals surface area contributed by atoms with E-state index in [1.165, 1.54) is 32.4 Å². The van der Waals surface area contributed by atoms with E-state index < -0.39 is 0 Å². The maximum atomic E-state index is 9.50. The predicted octanol–water partition coefficient (Wildman–Crippen LogP) is 1.24. The molecule has 78 valence electrons. The minimum absolute atomic E-state index is 0.280. The number of likely N-dealkylation sites (tertiary alicyclic amines) is 1. The van der Waals surface area contributed by atoms with Crippen molar-refractivity contribution in [3.05, 3.63) is 0 Å². The molecule has 0 aromatic carbocycles. The Kier molecular flexibility index (Phi) is 7.69. The highest BCUT2D eigenvalue weighted by Crippen LogP contribution is 2.04. The average Bonchev–Trinajstić information content (AvgIpc) is 2.06. The van der Waals surface area contributed by atoms with Gasteiger partial charge in [-0.2, -0.15) is 0 Å². The number of hydrogen-bond acceptors (Lipinski definition) is 2. The van der Waals surface area contributed by atoms with Gasteiger partial charge in [0.2, 0.25) is 6.41 Å². The molecule has 1 aliphatic rings. The van der Waals surface area contributed by atoms with Crippen LogP contribution in [-0.2, 0) is 4.79 Å². The van der Waals surface area contributed by atoms with Gasteiger partial charge in [0.1, 0.15) is 0 Å². The zero-order valence-corrected chi connectivity index (χ0v) is 9.05. The monoisotopic (exact) mass is 186 g/mol. The van der Waals surface area contributed by atoms with Crippen LogP contribution >= 0.6 is 0 Å². The van der Waals surface area contributed by atoms with Gasteiger partial charge in [-0.15, -0.1) is 0 Å². The Bertz CT molecular complexity index is 120. The Balaban J connectivity index is 0.000000226. The molecule has 1 N–H and O–H groups in total. The van der Waals surface area contributed by atoms with Crippen molar-refractivity contribution in [3.8, 4) is 0 Å². The number of carbonyl (C=O) groups excluding carboxylic acids is 1. The minimum Gasteiger partial charge on any atom is -0.357 e. The highest BCUT2D eigenvalue weighted by atomic mass is 16.1. The zero-order valence-electron chi connectivity index (χ0n) is 9.05. The fraction of sp³-hybridized carbons (Fsp3) is 0.900. The third-order valence-electron chi connectivity index (χ3n) is 1.98. The number of rotatable bonds is 2. The van der Waals surface area contributed by atoms with E-state index in [0.717, 1.165) is 0 Å². The Morgan fingerprint density at radius 2 is 1.77 bits per heavy atom. The maximum Gasteiger partial charge on any atom is 0.207 e. The SMILES string of the molecule is CC(C)NC=O.CN1CCCCC1. The van der Waals surface area contributed by atoms with E-state index in [-0.39, 0.29) is 6.04 Å². The summed E-state index contributed by atoms with van der Waals surface area (Å²) in [5, 5.41) is 2.53. The van der Waals surface area contributed by atoms with E-state index in [1.54, 1.807) is 0 Å². The van der Waals surface area contributed by atoms with Crippen LogP contribution in [0.1, 0.15) is 33.1 Å². The number of piperidine rings is 1. The predicted molar refractivity (Wildman–Crippen MR) is 55.7 cm³/mol. The molecular formula is C10H22N2O. The van der Waals surface area contributed by atoms with E-state index in [0.29, 0.717) is 6.41 Å². The van der Waals surface area contributed by atoms with Crippen molar-refractivity contribution in [2.45, 2.75) is 39.2 Å². The third kappa shape index (κ3) is 9.34. The molecule has 0 aromatic heterocycles. The maximum absolute atomic E-state index is 9.50. The highest BCUT2D eigenvalue weighted by Gasteiger charge is 2.02. The lowest BCUT2D eigenvalue weighted by Crippen LogP contribution is -2.24. The lowest BCUT2D eigenvalue weighted by molar-refractivity contribution is -0.109. The van der Waals surface area contributed by atoms with Crippen LogP contribution in [0.3, 0.4) is 0 Å². The van der Waals surface area contributed by atoms with Crippen LogP contribution in [0.5, 0.6) is 0 Å². The molecule has 1 aliphatic heterocycles. The van der Waals surface area contributed by atoms with Crippen LogP contribution in [0.25, 0.3) is 0 Å². The molecule has 0 saturated carbocycles. The third-order valence-corrected chi connectivity index (χ3v) is 1.98. The van der Waals surface area contributed by atoms with Gasteiger partial charge in [-0.25, -0.2) is 0 Å². The summed E-state index contributed by atoms with van der Waals surface area (Å²) in [6, 6.07) is 0.280. The second-order valence-corrected chi connectivity index (χ2v) is 3.80. The standard InChI is InChI=1S/C6H13N.C4H9NO/c1-7-5-3-2-4-6-7;1-4(2)5-3-6/h2-6H2,1H3;3-4H,1-2H3,(H,5,6). The Morgan fingerprint density at radius 3 is 1.92 bits per heavy atom. The molecule has 1 rings (SSSR count). The van der Waals surface area contributed by atoms with Gasteiger partial charge < -0.3 is 10.2 Å². The van der Waals surface area contributed by atoms with Crippen LogP contribution in [0.2, 0.25) is 0 Å². The van der Waals surface area contributed by atoms with Gasteiger partial charge in [0.25, 0.3) is 0 Å². The molecule has 0 atom stereocenters. The summed E-state index contributed by atoms with van der Waals surface area (Å²) >= 11 is 0. The van der Waals surface area contributed by atoms with Gasteiger partial charge >= 0.3 is 0 Å². The van der Waals surface area contributed by atoms with E-state index >= 15 is 0 Å². The Morgan fingerprint density at radius 1 is 1.23 bits per heavy atom. The van der Waals surface area contributed by atoms with Crippen LogP contribution in [0.15, 0.2) is 0 Å². The quantitative estimate of drug-likeness (QED) is 0.658. The van der Waals surface area contributed by atoms with Crippen molar-refractivity contribution in [1.29, 1.82) is 0 Å². The fourth-order valence-corrected chi connectivity index (χ4v) is 1.19. The van der Waals surface area contributed by atoms with Crippen molar-refractivity contribution in [3.63, 3.8) is 0 Å². The Labute approximate surface area is 81.5 Å². The molecule has 13 heavy (non-hydrogen) atoms. The van der Waals surface area contributed by atoms with Crippen molar-refractivity contribution < 1.29 is 4.79 Å². The van der Waals surface area contributed by atoms with Crippen molar-refractivity contribution in [1.82, 2.24) is 10.2 Å². The fourth-order valence-electron chi connectivity index (χ4n) is 1.19. The van der Waals surface area contributed by atoms with Gasteiger partial charge in [0, 0.05) is 6.04 Å². The molecule has 0 aromatic rings. The molecule has 0 spiro atoms. The summed E-state index contributed by atoms with van der Waals surface area (Å²) in [7, 11) is 2.19. The summed E-state index contributed by atoms with van der Waals surface area (Å²) < 4.78 is 0. The van der Waals surface area contributed by atoms with Crippen molar-refractivity contribution in [2.24, 2.45) is 0 Å². The molecule has 1 heterocycles. The second kappa shape index (κ2) is 8.05. The topological polar surface area (TPSA) is 32.3 Å². The first kappa shape index (κ1) is 12.4. The minimum atomic E-state index is 0.280. The molecule has 0 unspecified atom stereocenters. The second-order valence-electron chi connectivity index (χ2n) is 3.80. The van der Waals surface area contributed by atoms with Gasteiger partial charge in [-0.05, 0) is 46.8 Å². The summed E-state index contributed by atoms with van der Waals surface area (Å²) in [6.07, 6.45) is 4.97. The average molecular weight is 186 g/mol. The van der Waals surface area contributed by atoms with E-state index in [4.69, 9.17) is 0 Å². The molecular weight excluding hydrogens is 164 g/mol. The number of amides is 1. The largest absolute Gasteiger partial charge is 0.357 e. The first-order valence-corrected chi connectivity index (χ1v) is 5.05. The Hall–Kier alpha value is -0.570. The van der Waals surface area contributed by atoms with Crippen molar-refractivity contribution in [2.75, 3.05) is 20.1 Å². The number of hydrogen-bond donors (Lipinski definition) is 1. The van der Waals surface area contributed by atoms with Gasteiger partial charge in [0.15, 0.2) is 0 Å². The zero-order chi connectivity index (χ0) is 10.1. The van der Waals surface area contributed by atoms with E-state index in [9.17, 15) is 4.79 Å². The molecule has 0 aliphatic carbocycles. The van der Waals surface area contributed by atoms with Crippen LogP contribution in [0, 0.1) is 0 Å². The van der Waals surface area contributed by atoms with E-state index in [2.05, 4.69) is 17.3 Å². The summed E-state index contributed by atoms with van der Waals surface area (Å²) in [6.45, 7) is 6.46. The lowest BCUT2D eigenvalue weighted by Gasteiger charge is -2.20. The van der Waals surface area contributed by atoms with Crippen LogP contribution in [-0.4, -0.2) is 37.5 Å². The summed E-state index contributed by atoms with van der Waals surface area (Å²) in [4.78, 5) is 11.9. The van der Waals surface area contributed by atoms with Gasteiger partial charge in [-0.3, -0.25) is 4.79 Å². The first-order chi connectivity index (χ1) is 6.16. The van der Waals surface area contributed by atoms with Crippen molar-refractivity contribution >= 4 is 6.41 Å². The molecule has 3 heteroatoms. The van der Waals surface area contributed by atoms with Crippen LogP contribution in [0.4, 0.5) is 0 Å². The first-order valence-electron chi connectivity index (χ1n) is 5.05. The molecule has 0 radical (unpaired) electrons.